The van der Waals surface area contributed by atoms with Crippen LogP contribution in [-0.2, 0) is 14.9 Å². The highest BCUT2D eigenvalue weighted by molar-refractivity contribution is 5.89. The molecule has 1 aromatic rings. The molecule has 6 nitrogen and oxygen atoms in total. The van der Waals surface area contributed by atoms with E-state index in [1.165, 1.54) is 7.11 Å². The van der Waals surface area contributed by atoms with E-state index in [1.54, 1.807) is 0 Å². The molecule has 5 rings (SSSR count). The van der Waals surface area contributed by atoms with Crippen LogP contribution in [0.3, 0.4) is 0 Å². The number of aliphatic hydroxyl groups is 2. The number of carbonyl (C=O) groups excluding carboxylic acids is 1. The van der Waals surface area contributed by atoms with Gasteiger partial charge >= 0.3 is 5.97 Å². The van der Waals surface area contributed by atoms with E-state index in [1.807, 2.05) is 6.07 Å². The fourth-order valence-electron chi connectivity index (χ4n) is 5.88. The minimum atomic E-state index is -0.852. The van der Waals surface area contributed by atoms with Gasteiger partial charge in [-0.25, -0.2) is 0 Å². The first-order valence-corrected chi connectivity index (χ1v) is 9.68. The van der Waals surface area contributed by atoms with E-state index in [0.717, 1.165) is 24.8 Å². The molecule has 27 heavy (non-hydrogen) atoms. The van der Waals surface area contributed by atoms with Gasteiger partial charge in [0.05, 0.1) is 20.3 Å². The van der Waals surface area contributed by atoms with E-state index in [4.69, 9.17) is 9.47 Å². The number of ether oxygens (including phenoxy) is 2. The third-order valence-electron chi connectivity index (χ3n) is 7.19. The lowest BCUT2D eigenvalue weighted by atomic mass is 9.47. The van der Waals surface area contributed by atoms with Gasteiger partial charge in [-0.05, 0) is 36.7 Å². The second-order valence-electron chi connectivity index (χ2n) is 8.87. The van der Waals surface area contributed by atoms with E-state index >= 15 is 0 Å². The summed E-state index contributed by atoms with van der Waals surface area (Å²) in [6.07, 6.45) is 2.91. The van der Waals surface area contributed by atoms with Crippen molar-refractivity contribution in [2.45, 2.75) is 57.0 Å². The molecule has 4 aliphatic rings. The van der Waals surface area contributed by atoms with Gasteiger partial charge in [0, 0.05) is 22.6 Å². The van der Waals surface area contributed by atoms with Crippen molar-refractivity contribution in [2.75, 3.05) is 20.3 Å². The lowest BCUT2D eigenvalue weighted by molar-refractivity contribution is -0.185. The number of carbonyl (C=O) groups is 1. The SMILES string of the molecule is COc1c(C(CO)CO)cc2c(c1O)[C@@]13CCCC(C)(C)[C@@H]1CC2OC3=O. The van der Waals surface area contributed by atoms with Crippen molar-refractivity contribution in [3.05, 3.63) is 22.8 Å². The summed E-state index contributed by atoms with van der Waals surface area (Å²) in [6, 6.07) is 1.85. The van der Waals surface area contributed by atoms with Crippen molar-refractivity contribution in [3.8, 4) is 11.5 Å². The molecule has 0 amide bonds. The van der Waals surface area contributed by atoms with Gasteiger partial charge in [0.15, 0.2) is 11.5 Å². The molecule has 2 fully saturated rings. The third-order valence-corrected chi connectivity index (χ3v) is 7.19. The predicted octanol–water partition coefficient (Wildman–Crippen LogP) is 2.53. The predicted molar refractivity (Wildman–Crippen MR) is 97.8 cm³/mol. The van der Waals surface area contributed by atoms with Crippen molar-refractivity contribution in [3.63, 3.8) is 0 Å². The maximum absolute atomic E-state index is 13.1. The molecular weight excluding hydrogens is 348 g/mol. The Morgan fingerprint density at radius 2 is 2.00 bits per heavy atom. The number of esters is 1. The molecule has 1 saturated carbocycles. The number of hydrogen-bond donors (Lipinski definition) is 3. The maximum Gasteiger partial charge on any atom is 0.317 e. The number of phenolic OH excluding ortho intramolecular Hbond substituents is 1. The lowest BCUT2D eigenvalue weighted by Gasteiger charge is -2.58. The second-order valence-corrected chi connectivity index (χ2v) is 8.87. The van der Waals surface area contributed by atoms with Crippen molar-refractivity contribution in [1.29, 1.82) is 0 Å². The third kappa shape index (κ3) is 2.29. The topological polar surface area (TPSA) is 96.2 Å². The maximum atomic E-state index is 13.1. The monoisotopic (exact) mass is 376 g/mol. The van der Waals surface area contributed by atoms with Crippen LogP contribution in [0.1, 0.15) is 68.2 Å². The summed E-state index contributed by atoms with van der Waals surface area (Å²) in [7, 11) is 1.45. The van der Waals surface area contributed by atoms with Crippen LogP contribution in [0.25, 0.3) is 0 Å². The highest BCUT2D eigenvalue weighted by atomic mass is 16.5. The van der Waals surface area contributed by atoms with Crippen LogP contribution in [0.15, 0.2) is 6.07 Å². The summed E-state index contributed by atoms with van der Waals surface area (Å²) in [5, 5.41) is 30.5. The molecular formula is C21H28O6. The van der Waals surface area contributed by atoms with Gasteiger partial charge in [-0.2, -0.15) is 0 Å². The summed E-state index contributed by atoms with van der Waals surface area (Å²) < 4.78 is 11.3. The van der Waals surface area contributed by atoms with E-state index in [-0.39, 0.29) is 42.0 Å². The zero-order valence-corrected chi connectivity index (χ0v) is 16.1. The first-order chi connectivity index (χ1) is 12.8. The van der Waals surface area contributed by atoms with Crippen LogP contribution in [0.5, 0.6) is 11.5 Å². The van der Waals surface area contributed by atoms with Gasteiger partial charge in [-0.3, -0.25) is 4.79 Å². The fourth-order valence-corrected chi connectivity index (χ4v) is 5.88. The van der Waals surface area contributed by atoms with Gasteiger partial charge in [-0.15, -0.1) is 0 Å². The van der Waals surface area contributed by atoms with Crippen LogP contribution >= 0.6 is 0 Å². The number of aliphatic hydroxyl groups excluding tert-OH is 2. The Morgan fingerprint density at radius 1 is 1.30 bits per heavy atom. The van der Waals surface area contributed by atoms with Gasteiger partial charge in [0.25, 0.3) is 0 Å². The molecule has 1 saturated heterocycles. The molecule has 2 aliphatic carbocycles. The van der Waals surface area contributed by atoms with E-state index in [2.05, 4.69) is 13.8 Å². The molecule has 2 bridgehead atoms. The summed E-state index contributed by atoms with van der Waals surface area (Å²) >= 11 is 0. The number of methoxy groups -OCH3 is 1. The molecule has 148 valence electrons. The molecule has 3 atom stereocenters. The highest BCUT2D eigenvalue weighted by Crippen LogP contribution is 2.66. The van der Waals surface area contributed by atoms with E-state index in [9.17, 15) is 20.1 Å². The standard InChI is InChI=1S/C21H28O6/c1-20(2)5-4-6-21-15(20)8-14(27-19(21)25)13-7-12(11(9-22)10-23)18(26-3)17(24)16(13)21/h7,11,14-15,22-24H,4-6,8-10H2,1-3H3/t14?,15-,21+/m0/s1. The molecule has 1 aromatic carbocycles. The molecule has 6 heteroatoms. The van der Waals surface area contributed by atoms with Crippen LogP contribution in [0.4, 0.5) is 0 Å². The van der Waals surface area contributed by atoms with Crippen molar-refractivity contribution in [1.82, 2.24) is 0 Å². The normalized spacial score (nSPS) is 30.7. The quantitative estimate of drug-likeness (QED) is 0.699. The number of hydrogen-bond acceptors (Lipinski definition) is 6. The second kappa shape index (κ2) is 6.11. The van der Waals surface area contributed by atoms with Gasteiger partial charge in [-0.1, -0.05) is 20.3 Å². The van der Waals surface area contributed by atoms with Gasteiger partial charge in [0.1, 0.15) is 11.5 Å². The summed E-state index contributed by atoms with van der Waals surface area (Å²) in [5.41, 5.74) is 1.11. The average molecular weight is 376 g/mol. The van der Waals surface area contributed by atoms with Crippen molar-refractivity contribution in [2.24, 2.45) is 11.3 Å². The minimum Gasteiger partial charge on any atom is -0.504 e. The molecule has 2 aliphatic heterocycles. The summed E-state index contributed by atoms with van der Waals surface area (Å²) in [6.45, 7) is 3.86. The van der Waals surface area contributed by atoms with E-state index < -0.39 is 17.4 Å². The Bertz CT molecular complexity index is 781. The number of fused-ring (bicyclic) bond motifs is 1. The molecule has 2 heterocycles. The Labute approximate surface area is 159 Å². The Kier molecular flexibility index (Phi) is 4.20. The Hall–Kier alpha value is -1.79. The van der Waals surface area contributed by atoms with E-state index in [0.29, 0.717) is 17.5 Å². The van der Waals surface area contributed by atoms with Crippen LogP contribution in [0.2, 0.25) is 0 Å². The number of rotatable bonds is 4. The first-order valence-electron chi connectivity index (χ1n) is 9.68. The molecule has 1 unspecified atom stereocenters. The highest BCUT2D eigenvalue weighted by Gasteiger charge is 2.65. The van der Waals surface area contributed by atoms with Crippen molar-refractivity contribution < 1.29 is 29.6 Å². The molecule has 1 spiro atoms. The van der Waals surface area contributed by atoms with Gasteiger partial charge in [0.2, 0.25) is 0 Å². The zero-order chi connectivity index (χ0) is 19.6. The molecule has 0 radical (unpaired) electrons. The molecule has 0 aromatic heterocycles. The largest absolute Gasteiger partial charge is 0.504 e. The lowest BCUT2D eigenvalue weighted by Crippen LogP contribution is -2.59. The summed E-state index contributed by atoms with van der Waals surface area (Å²) in [5.74, 6) is -0.511. The first kappa shape index (κ1) is 18.6. The zero-order valence-electron chi connectivity index (χ0n) is 16.1. The fraction of sp³-hybridized carbons (Fsp3) is 0.667. The minimum absolute atomic E-state index is 0.0231. The average Bonchev–Trinajstić information content (AvgIpc) is 2.63. The number of aromatic hydroxyl groups is 1. The smallest absolute Gasteiger partial charge is 0.317 e. The van der Waals surface area contributed by atoms with Crippen molar-refractivity contribution >= 4 is 5.97 Å². The number of phenols is 1. The summed E-state index contributed by atoms with van der Waals surface area (Å²) in [4.78, 5) is 13.1. The Morgan fingerprint density at radius 3 is 2.63 bits per heavy atom. The van der Waals surface area contributed by atoms with Gasteiger partial charge < -0.3 is 24.8 Å². The van der Waals surface area contributed by atoms with Crippen LogP contribution in [-0.4, -0.2) is 41.6 Å². The Balaban J connectivity index is 1.99. The van der Waals surface area contributed by atoms with Crippen LogP contribution in [0, 0.1) is 11.3 Å². The number of benzene rings is 1. The van der Waals surface area contributed by atoms with Crippen LogP contribution < -0.4 is 4.74 Å². The molecule has 3 N–H and O–H groups in total.